The van der Waals surface area contributed by atoms with Gasteiger partial charge in [-0.2, -0.15) is 0 Å². The number of benzene rings is 2. The Bertz CT molecular complexity index is 1010. The lowest BCUT2D eigenvalue weighted by Gasteiger charge is -2.29. The van der Waals surface area contributed by atoms with E-state index in [1.54, 1.807) is 25.1 Å². The van der Waals surface area contributed by atoms with E-state index in [-0.39, 0.29) is 5.69 Å². The maximum Gasteiger partial charge on any atom is 0.244 e. The Morgan fingerprint density at radius 1 is 1.10 bits per heavy atom. The molecule has 0 radical (unpaired) electrons. The number of ether oxygens (including phenoxy) is 2. The molecule has 1 heterocycles. The zero-order chi connectivity index (χ0) is 21.2. The van der Waals surface area contributed by atoms with Crippen molar-refractivity contribution in [1.82, 2.24) is 5.32 Å². The molecule has 3 rings (SSSR count). The van der Waals surface area contributed by atoms with E-state index in [9.17, 15) is 17.6 Å². The highest BCUT2D eigenvalue weighted by molar-refractivity contribution is 7.92. The number of carbonyl (C=O) groups is 1. The normalized spacial score (nSPS) is 15.3. The first-order valence-corrected chi connectivity index (χ1v) is 11.0. The van der Waals surface area contributed by atoms with E-state index < -0.39 is 33.8 Å². The molecular weight excluding hydrogens is 399 g/mol. The van der Waals surface area contributed by atoms with Crippen molar-refractivity contribution >= 4 is 21.6 Å². The molecular formula is C20H23FN2O5S. The van der Waals surface area contributed by atoms with Crippen molar-refractivity contribution in [3.05, 3.63) is 53.8 Å². The molecule has 1 N–H and O–H groups in total. The first-order valence-electron chi connectivity index (χ1n) is 9.12. The Kier molecular flexibility index (Phi) is 5.97. The molecule has 29 heavy (non-hydrogen) atoms. The summed E-state index contributed by atoms with van der Waals surface area (Å²) >= 11 is 0. The van der Waals surface area contributed by atoms with Crippen molar-refractivity contribution in [2.24, 2.45) is 0 Å². The molecule has 0 saturated carbocycles. The number of halogens is 1. The molecule has 2 aromatic rings. The Labute approximate surface area is 169 Å². The van der Waals surface area contributed by atoms with Crippen LogP contribution >= 0.6 is 0 Å². The number of hydrogen-bond acceptors (Lipinski definition) is 5. The predicted octanol–water partition coefficient (Wildman–Crippen LogP) is 2.63. The third kappa shape index (κ3) is 4.61. The average Bonchev–Trinajstić information content (AvgIpc) is 2.68. The van der Waals surface area contributed by atoms with Gasteiger partial charge < -0.3 is 14.8 Å². The fraction of sp³-hybridized carbons (Fsp3) is 0.350. The van der Waals surface area contributed by atoms with Crippen LogP contribution in [0.2, 0.25) is 0 Å². The third-order valence-corrected chi connectivity index (χ3v) is 5.83. The van der Waals surface area contributed by atoms with Gasteiger partial charge in [0.1, 0.15) is 25.1 Å². The van der Waals surface area contributed by atoms with Crippen molar-refractivity contribution in [1.29, 1.82) is 0 Å². The fourth-order valence-corrected chi connectivity index (χ4v) is 4.33. The van der Waals surface area contributed by atoms with Crippen LogP contribution in [0.3, 0.4) is 0 Å². The van der Waals surface area contributed by atoms with Gasteiger partial charge in [0, 0.05) is 0 Å². The van der Waals surface area contributed by atoms with Crippen LogP contribution in [0, 0.1) is 5.82 Å². The topological polar surface area (TPSA) is 84.9 Å². The minimum absolute atomic E-state index is 0.176. The predicted molar refractivity (Wildman–Crippen MR) is 107 cm³/mol. The number of fused-ring (bicyclic) bond motifs is 1. The molecule has 0 aliphatic carbocycles. The number of para-hydroxylation sites is 1. The van der Waals surface area contributed by atoms with Gasteiger partial charge in [0.05, 0.1) is 18.0 Å². The van der Waals surface area contributed by atoms with E-state index in [1.807, 2.05) is 0 Å². The van der Waals surface area contributed by atoms with Crippen LogP contribution < -0.4 is 19.1 Å². The molecule has 9 heteroatoms. The number of nitrogens with one attached hydrogen (secondary N) is 1. The van der Waals surface area contributed by atoms with Crippen LogP contribution in [0.15, 0.2) is 42.5 Å². The van der Waals surface area contributed by atoms with Crippen molar-refractivity contribution in [3.63, 3.8) is 0 Å². The summed E-state index contributed by atoms with van der Waals surface area (Å²) in [6.07, 6.45) is 0.938. The Morgan fingerprint density at radius 2 is 1.76 bits per heavy atom. The highest BCUT2D eigenvalue weighted by atomic mass is 32.2. The first-order chi connectivity index (χ1) is 13.7. The van der Waals surface area contributed by atoms with Gasteiger partial charge in [-0.1, -0.05) is 18.2 Å². The summed E-state index contributed by atoms with van der Waals surface area (Å²) in [4.78, 5) is 12.8. The van der Waals surface area contributed by atoms with E-state index in [2.05, 4.69) is 5.32 Å². The monoisotopic (exact) mass is 422 g/mol. The minimum Gasteiger partial charge on any atom is -0.486 e. The van der Waals surface area contributed by atoms with Crippen LogP contribution in [0.1, 0.15) is 25.5 Å². The summed E-state index contributed by atoms with van der Waals surface area (Å²) in [6, 6.07) is 9.19. The van der Waals surface area contributed by atoms with Gasteiger partial charge in [-0.15, -0.1) is 0 Å². The number of anilines is 1. The van der Waals surface area contributed by atoms with Gasteiger partial charge in [0.2, 0.25) is 15.9 Å². The molecule has 0 bridgehead atoms. The SMILES string of the molecule is C[C@@H](NC(=O)[C@H](C)N(c1ccccc1F)S(C)(=O)=O)c1ccc2c(c1)OCCO2. The molecule has 2 atom stereocenters. The average molecular weight is 422 g/mol. The summed E-state index contributed by atoms with van der Waals surface area (Å²) in [7, 11) is -3.90. The van der Waals surface area contributed by atoms with Crippen molar-refractivity contribution in [2.75, 3.05) is 23.8 Å². The lowest BCUT2D eigenvalue weighted by Crippen LogP contribution is -2.48. The summed E-state index contributed by atoms with van der Waals surface area (Å²) in [6.45, 7) is 4.11. The quantitative estimate of drug-likeness (QED) is 0.774. The molecule has 0 spiro atoms. The lowest BCUT2D eigenvalue weighted by molar-refractivity contribution is -0.122. The number of nitrogens with zero attached hydrogens (tertiary/aromatic N) is 1. The summed E-state index contributed by atoms with van der Waals surface area (Å²) < 4.78 is 50.6. The number of rotatable bonds is 6. The second-order valence-corrected chi connectivity index (χ2v) is 8.68. The van der Waals surface area contributed by atoms with Crippen molar-refractivity contribution in [3.8, 4) is 11.5 Å². The maximum absolute atomic E-state index is 14.2. The van der Waals surface area contributed by atoms with Gasteiger partial charge in [-0.25, -0.2) is 12.8 Å². The lowest BCUT2D eigenvalue weighted by atomic mass is 10.1. The molecule has 0 saturated heterocycles. The van der Waals surface area contributed by atoms with Crippen LogP contribution in [-0.4, -0.2) is 39.8 Å². The van der Waals surface area contributed by atoms with E-state index in [0.29, 0.717) is 24.7 Å². The van der Waals surface area contributed by atoms with Crippen LogP contribution in [0.5, 0.6) is 11.5 Å². The van der Waals surface area contributed by atoms with Crippen molar-refractivity contribution < 1.29 is 27.1 Å². The van der Waals surface area contributed by atoms with Gasteiger partial charge in [-0.05, 0) is 43.7 Å². The second kappa shape index (κ2) is 8.28. The molecule has 1 aliphatic heterocycles. The minimum atomic E-state index is -3.90. The Morgan fingerprint density at radius 3 is 2.41 bits per heavy atom. The molecule has 2 aromatic carbocycles. The van der Waals surface area contributed by atoms with Crippen LogP contribution in [0.25, 0.3) is 0 Å². The molecule has 0 unspecified atom stereocenters. The molecule has 0 fully saturated rings. The fourth-order valence-electron chi connectivity index (χ4n) is 3.16. The molecule has 7 nitrogen and oxygen atoms in total. The van der Waals surface area contributed by atoms with E-state index in [0.717, 1.165) is 22.2 Å². The maximum atomic E-state index is 14.2. The third-order valence-electron chi connectivity index (χ3n) is 4.60. The largest absolute Gasteiger partial charge is 0.486 e. The number of sulfonamides is 1. The van der Waals surface area contributed by atoms with Gasteiger partial charge in [-0.3, -0.25) is 9.10 Å². The van der Waals surface area contributed by atoms with Gasteiger partial charge in [0.15, 0.2) is 11.5 Å². The number of amides is 1. The van der Waals surface area contributed by atoms with E-state index >= 15 is 0 Å². The van der Waals surface area contributed by atoms with E-state index in [4.69, 9.17) is 9.47 Å². The molecule has 156 valence electrons. The molecule has 1 amide bonds. The summed E-state index contributed by atoms with van der Waals surface area (Å²) in [5, 5.41) is 2.78. The Balaban J connectivity index is 1.80. The first kappa shape index (κ1) is 20.9. The number of hydrogen-bond donors (Lipinski definition) is 1. The highest BCUT2D eigenvalue weighted by Gasteiger charge is 2.31. The van der Waals surface area contributed by atoms with Crippen LogP contribution in [-0.2, 0) is 14.8 Å². The standard InChI is InChI=1S/C20H23FN2O5S/c1-13(15-8-9-18-19(12-15)28-11-10-27-18)22-20(24)14(2)23(29(3,25)26)17-7-5-4-6-16(17)21/h4-9,12-14H,10-11H2,1-3H3,(H,22,24)/t13-,14+/m1/s1. The summed E-state index contributed by atoms with van der Waals surface area (Å²) in [5.41, 5.74) is 0.594. The Hall–Kier alpha value is -2.81. The summed E-state index contributed by atoms with van der Waals surface area (Å²) in [5.74, 6) is -0.0553. The van der Waals surface area contributed by atoms with Gasteiger partial charge in [0.25, 0.3) is 0 Å². The second-order valence-electron chi connectivity index (χ2n) is 6.82. The number of carbonyl (C=O) groups excluding carboxylic acids is 1. The van der Waals surface area contributed by atoms with E-state index in [1.165, 1.54) is 25.1 Å². The smallest absolute Gasteiger partial charge is 0.244 e. The van der Waals surface area contributed by atoms with Crippen LogP contribution in [0.4, 0.5) is 10.1 Å². The van der Waals surface area contributed by atoms with Crippen molar-refractivity contribution in [2.45, 2.75) is 25.9 Å². The molecule has 0 aromatic heterocycles. The van der Waals surface area contributed by atoms with Gasteiger partial charge >= 0.3 is 0 Å². The molecule has 1 aliphatic rings. The highest BCUT2D eigenvalue weighted by Crippen LogP contribution is 2.32. The zero-order valence-electron chi connectivity index (χ0n) is 16.4. The zero-order valence-corrected chi connectivity index (χ0v) is 17.2.